The molecule has 110 valence electrons. The van der Waals surface area contributed by atoms with E-state index in [0.29, 0.717) is 5.69 Å². The van der Waals surface area contributed by atoms with E-state index in [-0.39, 0.29) is 28.5 Å². The molecule has 1 unspecified atom stereocenters. The van der Waals surface area contributed by atoms with E-state index in [1.165, 1.54) is 24.3 Å². The van der Waals surface area contributed by atoms with E-state index in [9.17, 15) is 18.0 Å². The standard InChI is InChI=1S/C13H15F3N2OS/c1-12(17,8-2-3-8)11(19)18-9-4-6-10(7-5-9)20-13(14,15)16/h4-8H,2-3,17H2,1H3,(H,18,19). The highest BCUT2D eigenvalue weighted by Gasteiger charge is 2.44. The molecule has 0 spiro atoms. The van der Waals surface area contributed by atoms with E-state index < -0.39 is 11.0 Å². The summed E-state index contributed by atoms with van der Waals surface area (Å²) in [7, 11) is 0. The van der Waals surface area contributed by atoms with Gasteiger partial charge in [-0.05, 0) is 61.7 Å². The molecule has 1 fully saturated rings. The number of amides is 1. The molecule has 1 aromatic rings. The normalized spacial score (nSPS) is 18.4. The molecule has 1 atom stereocenters. The van der Waals surface area contributed by atoms with E-state index >= 15 is 0 Å². The van der Waals surface area contributed by atoms with E-state index in [2.05, 4.69) is 5.32 Å². The van der Waals surface area contributed by atoms with Crippen LogP contribution in [0.15, 0.2) is 29.2 Å². The monoisotopic (exact) mass is 304 g/mol. The zero-order valence-corrected chi connectivity index (χ0v) is 11.6. The zero-order valence-electron chi connectivity index (χ0n) is 10.8. The fraction of sp³-hybridized carbons (Fsp3) is 0.462. The molecule has 20 heavy (non-hydrogen) atoms. The second-order valence-electron chi connectivity index (χ2n) is 5.08. The van der Waals surface area contributed by atoms with Crippen molar-refractivity contribution >= 4 is 23.4 Å². The Morgan fingerprint density at radius 2 is 1.85 bits per heavy atom. The van der Waals surface area contributed by atoms with Crippen molar-refractivity contribution < 1.29 is 18.0 Å². The summed E-state index contributed by atoms with van der Waals surface area (Å²) in [5.41, 5.74) is 1.16. The Balaban J connectivity index is 1.98. The lowest BCUT2D eigenvalue weighted by atomic mass is 9.96. The second kappa shape index (κ2) is 5.29. The number of carbonyl (C=O) groups is 1. The Morgan fingerprint density at radius 1 is 1.30 bits per heavy atom. The molecule has 0 bridgehead atoms. The van der Waals surface area contributed by atoms with Crippen molar-refractivity contribution in [1.82, 2.24) is 0 Å². The minimum absolute atomic E-state index is 0.0770. The van der Waals surface area contributed by atoms with Crippen LogP contribution >= 0.6 is 11.8 Å². The third-order valence-corrected chi connectivity index (χ3v) is 4.00. The first-order chi connectivity index (χ1) is 9.18. The molecular weight excluding hydrogens is 289 g/mol. The Bertz CT molecular complexity index is 495. The van der Waals surface area contributed by atoms with Gasteiger partial charge >= 0.3 is 5.51 Å². The maximum atomic E-state index is 12.2. The molecule has 0 heterocycles. The van der Waals surface area contributed by atoms with Crippen molar-refractivity contribution in [1.29, 1.82) is 0 Å². The number of nitrogens with two attached hydrogens (primary N) is 1. The van der Waals surface area contributed by atoms with E-state index in [1.54, 1.807) is 6.92 Å². The molecule has 2 rings (SSSR count). The van der Waals surface area contributed by atoms with Gasteiger partial charge in [0.1, 0.15) is 0 Å². The van der Waals surface area contributed by atoms with Crippen molar-refractivity contribution in [3.05, 3.63) is 24.3 Å². The Hall–Kier alpha value is -1.21. The van der Waals surface area contributed by atoms with Gasteiger partial charge < -0.3 is 11.1 Å². The molecule has 1 aliphatic carbocycles. The largest absolute Gasteiger partial charge is 0.446 e. The highest BCUT2D eigenvalue weighted by molar-refractivity contribution is 8.00. The van der Waals surface area contributed by atoms with Crippen molar-refractivity contribution in [2.45, 2.75) is 35.7 Å². The van der Waals surface area contributed by atoms with Crippen LogP contribution in [0.3, 0.4) is 0 Å². The maximum absolute atomic E-state index is 12.2. The van der Waals surface area contributed by atoms with Gasteiger partial charge in [-0.25, -0.2) is 0 Å². The molecule has 1 aromatic carbocycles. The van der Waals surface area contributed by atoms with Crippen LogP contribution in [-0.4, -0.2) is 17.0 Å². The third-order valence-electron chi connectivity index (χ3n) is 3.26. The summed E-state index contributed by atoms with van der Waals surface area (Å²) >= 11 is -0.189. The SMILES string of the molecule is CC(N)(C(=O)Nc1ccc(SC(F)(F)F)cc1)C1CC1. The highest BCUT2D eigenvalue weighted by Crippen LogP contribution is 2.39. The minimum Gasteiger partial charge on any atom is -0.324 e. The molecule has 1 saturated carbocycles. The highest BCUT2D eigenvalue weighted by atomic mass is 32.2. The predicted molar refractivity (Wildman–Crippen MR) is 72.3 cm³/mol. The number of hydrogen-bond acceptors (Lipinski definition) is 3. The summed E-state index contributed by atoms with van der Waals surface area (Å²) in [6, 6.07) is 5.52. The van der Waals surface area contributed by atoms with Crippen molar-refractivity contribution in [2.75, 3.05) is 5.32 Å². The zero-order chi connectivity index (χ0) is 15.0. The van der Waals surface area contributed by atoms with Crippen molar-refractivity contribution in [3.63, 3.8) is 0 Å². The number of rotatable bonds is 4. The molecule has 0 radical (unpaired) electrons. The van der Waals surface area contributed by atoms with E-state index in [4.69, 9.17) is 5.73 Å². The van der Waals surface area contributed by atoms with Crippen LogP contribution in [0.4, 0.5) is 18.9 Å². The number of halogens is 3. The molecule has 7 heteroatoms. The number of thioether (sulfide) groups is 1. The predicted octanol–water partition coefficient (Wildman–Crippen LogP) is 3.36. The molecule has 3 nitrogen and oxygen atoms in total. The Morgan fingerprint density at radius 3 is 2.30 bits per heavy atom. The van der Waals surface area contributed by atoms with Crippen molar-refractivity contribution in [2.24, 2.45) is 11.7 Å². The molecule has 3 N–H and O–H groups in total. The Kier molecular flexibility index (Phi) is 4.02. The van der Waals surface area contributed by atoms with E-state index in [0.717, 1.165) is 12.8 Å². The Labute approximate surface area is 119 Å². The van der Waals surface area contributed by atoms with Gasteiger partial charge in [0.15, 0.2) is 0 Å². The summed E-state index contributed by atoms with van der Waals surface area (Å²) < 4.78 is 36.5. The quantitative estimate of drug-likeness (QED) is 0.839. The second-order valence-corrected chi connectivity index (χ2v) is 6.22. The molecule has 1 aliphatic rings. The van der Waals surface area contributed by atoms with E-state index in [1.807, 2.05) is 0 Å². The van der Waals surface area contributed by atoms with Crippen LogP contribution in [0, 0.1) is 5.92 Å². The van der Waals surface area contributed by atoms with Gasteiger partial charge in [0.2, 0.25) is 5.91 Å². The summed E-state index contributed by atoms with van der Waals surface area (Å²) in [5, 5.41) is 2.64. The van der Waals surface area contributed by atoms with Crippen LogP contribution in [0.1, 0.15) is 19.8 Å². The number of anilines is 1. The molecule has 0 aliphatic heterocycles. The number of benzene rings is 1. The maximum Gasteiger partial charge on any atom is 0.446 e. The van der Waals surface area contributed by atoms with Crippen LogP contribution in [0.2, 0.25) is 0 Å². The first kappa shape index (κ1) is 15.2. The van der Waals surface area contributed by atoms with Crippen molar-refractivity contribution in [3.8, 4) is 0 Å². The fourth-order valence-electron chi connectivity index (χ4n) is 1.87. The lowest BCUT2D eigenvalue weighted by Gasteiger charge is -2.23. The van der Waals surface area contributed by atoms with Crippen LogP contribution in [0.5, 0.6) is 0 Å². The average Bonchev–Trinajstić information content (AvgIpc) is 3.13. The topological polar surface area (TPSA) is 55.1 Å². The molecule has 1 amide bonds. The number of nitrogens with one attached hydrogen (secondary N) is 1. The van der Waals surface area contributed by atoms with Crippen LogP contribution in [-0.2, 0) is 4.79 Å². The summed E-state index contributed by atoms with van der Waals surface area (Å²) in [6.45, 7) is 1.67. The van der Waals surface area contributed by atoms with Gasteiger partial charge in [0.05, 0.1) is 5.54 Å². The average molecular weight is 304 g/mol. The van der Waals surface area contributed by atoms with Gasteiger partial charge in [-0.2, -0.15) is 13.2 Å². The summed E-state index contributed by atoms with van der Waals surface area (Å²) in [6.07, 6.45) is 1.86. The number of alkyl halides is 3. The number of hydrogen-bond donors (Lipinski definition) is 2. The van der Waals surface area contributed by atoms with Gasteiger partial charge in [-0.15, -0.1) is 0 Å². The molecular formula is C13H15F3N2OS. The van der Waals surface area contributed by atoms with Gasteiger partial charge in [0.25, 0.3) is 0 Å². The molecule has 0 aromatic heterocycles. The van der Waals surface area contributed by atoms with Gasteiger partial charge in [-0.3, -0.25) is 4.79 Å². The molecule has 0 saturated heterocycles. The first-order valence-electron chi connectivity index (χ1n) is 6.14. The van der Waals surface area contributed by atoms with Crippen LogP contribution in [0.25, 0.3) is 0 Å². The minimum atomic E-state index is -4.31. The number of carbonyl (C=O) groups excluding carboxylic acids is 1. The summed E-state index contributed by atoms with van der Waals surface area (Å²) in [4.78, 5) is 12.1. The van der Waals surface area contributed by atoms with Gasteiger partial charge in [-0.1, -0.05) is 0 Å². The third kappa shape index (κ3) is 3.89. The first-order valence-corrected chi connectivity index (χ1v) is 6.96. The summed E-state index contributed by atoms with van der Waals surface area (Å²) in [5.74, 6) is -0.126. The lowest BCUT2D eigenvalue weighted by Crippen LogP contribution is -2.50. The van der Waals surface area contributed by atoms with Gasteiger partial charge in [0, 0.05) is 10.6 Å². The fourth-order valence-corrected chi connectivity index (χ4v) is 2.41. The lowest BCUT2D eigenvalue weighted by molar-refractivity contribution is -0.121. The smallest absolute Gasteiger partial charge is 0.324 e. The van der Waals surface area contributed by atoms with Crippen LogP contribution < -0.4 is 11.1 Å².